The zero-order valence-corrected chi connectivity index (χ0v) is 25.6. The van der Waals surface area contributed by atoms with Gasteiger partial charge in [-0.1, -0.05) is 121 Å². The van der Waals surface area contributed by atoms with Gasteiger partial charge in [0.1, 0.15) is 12.3 Å². The number of hydrogen-bond donors (Lipinski definition) is 0. The van der Waals surface area contributed by atoms with Gasteiger partial charge in [-0.2, -0.15) is 0 Å². The fourth-order valence-corrected chi connectivity index (χ4v) is 4.96. The number of nitrogens with zero attached hydrogens (tertiary/aromatic N) is 1. The van der Waals surface area contributed by atoms with Gasteiger partial charge in [-0.05, 0) is 30.5 Å². The lowest BCUT2D eigenvalue weighted by atomic mass is 10.0. The average molecular weight is 539 g/mol. The Balaban J connectivity index is 1.65. The first kappa shape index (κ1) is 32.9. The Hall–Kier alpha value is -2.33. The van der Waals surface area contributed by atoms with Crippen molar-refractivity contribution < 1.29 is 18.8 Å². The molecule has 0 aliphatic rings. The van der Waals surface area contributed by atoms with Crippen LogP contribution >= 0.6 is 0 Å². The molecule has 0 aromatic heterocycles. The number of unbranched alkanes of at least 4 members (excludes halogenated alkanes) is 9. The number of ether oxygens (including phenoxy) is 2. The van der Waals surface area contributed by atoms with Gasteiger partial charge >= 0.3 is 5.97 Å². The summed E-state index contributed by atoms with van der Waals surface area (Å²) in [6, 6.07) is 18.8. The molecule has 0 fully saturated rings. The molecule has 0 amide bonds. The fraction of sp³-hybridized carbons (Fsp3) is 0.629. The van der Waals surface area contributed by atoms with Crippen LogP contribution in [0.1, 0.15) is 109 Å². The summed E-state index contributed by atoms with van der Waals surface area (Å²) < 4.78 is 12.6. The summed E-state index contributed by atoms with van der Waals surface area (Å²) in [5, 5.41) is 0. The van der Waals surface area contributed by atoms with Gasteiger partial charge in [-0.25, -0.2) is 0 Å². The van der Waals surface area contributed by atoms with E-state index in [1.165, 1.54) is 75.3 Å². The first-order valence-electron chi connectivity index (χ1n) is 15.6. The molecule has 0 N–H and O–H groups in total. The van der Waals surface area contributed by atoms with Crippen molar-refractivity contribution in [1.29, 1.82) is 0 Å². The van der Waals surface area contributed by atoms with E-state index in [2.05, 4.69) is 57.4 Å². The highest BCUT2D eigenvalue weighted by molar-refractivity contribution is 5.72. The van der Waals surface area contributed by atoms with Gasteiger partial charge in [0.2, 0.25) is 6.29 Å². The molecule has 0 aliphatic heterocycles. The number of carbonyl (C=O) groups is 1. The van der Waals surface area contributed by atoms with Crippen molar-refractivity contribution in [3.05, 3.63) is 65.7 Å². The number of esters is 1. The van der Waals surface area contributed by atoms with Crippen molar-refractivity contribution in [2.45, 2.75) is 117 Å². The van der Waals surface area contributed by atoms with Gasteiger partial charge in [-0.15, -0.1) is 0 Å². The van der Waals surface area contributed by atoms with Crippen molar-refractivity contribution in [3.8, 4) is 5.75 Å². The van der Waals surface area contributed by atoms with Gasteiger partial charge in [0.25, 0.3) is 0 Å². The predicted octanol–water partition coefficient (Wildman–Crippen LogP) is 9.11. The molecule has 2 aromatic carbocycles. The van der Waals surface area contributed by atoms with Crippen LogP contribution in [-0.2, 0) is 22.5 Å². The average Bonchev–Trinajstić information content (AvgIpc) is 2.93. The van der Waals surface area contributed by atoms with E-state index < -0.39 is 6.29 Å². The maximum Gasteiger partial charge on any atom is 0.311 e. The quantitative estimate of drug-likeness (QED) is 0.0688. The minimum absolute atomic E-state index is 0.167. The standard InChI is InChI=1S/C35H56NO3/c1-6-8-9-10-11-12-13-14-15-17-20-31-23-25-33(26-24-31)38-34(7-2)39-35(37)30(3)27-28-36(4,5)29-32-21-18-16-19-22-32/h16,18-19,21-26,30,34H,6-15,17,20,27-29H2,1-5H3/q+1. The lowest BCUT2D eigenvalue weighted by molar-refractivity contribution is -0.904. The molecule has 218 valence electrons. The van der Waals surface area contributed by atoms with Crippen LogP contribution in [0.4, 0.5) is 0 Å². The fourth-order valence-electron chi connectivity index (χ4n) is 4.96. The summed E-state index contributed by atoms with van der Waals surface area (Å²) in [6.45, 7) is 8.07. The number of aryl methyl sites for hydroxylation is 1. The molecule has 4 nitrogen and oxygen atoms in total. The second kappa shape index (κ2) is 18.9. The Labute approximate surface area is 239 Å². The van der Waals surface area contributed by atoms with Crippen LogP contribution in [0.2, 0.25) is 0 Å². The van der Waals surface area contributed by atoms with Gasteiger partial charge < -0.3 is 14.0 Å². The molecule has 0 aliphatic carbocycles. The maximum atomic E-state index is 12.8. The van der Waals surface area contributed by atoms with Crippen LogP contribution in [0.25, 0.3) is 0 Å². The van der Waals surface area contributed by atoms with Crippen molar-refractivity contribution >= 4 is 5.97 Å². The molecule has 39 heavy (non-hydrogen) atoms. The molecule has 0 radical (unpaired) electrons. The topological polar surface area (TPSA) is 35.5 Å². The van der Waals surface area contributed by atoms with Crippen LogP contribution in [0, 0.1) is 5.92 Å². The van der Waals surface area contributed by atoms with E-state index >= 15 is 0 Å². The SMILES string of the molecule is CCCCCCCCCCCCc1ccc(OC(CC)OC(=O)C(C)CC[N+](C)(C)Cc2ccccc2)cc1. The van der Waals surface area contributed by atoms with E-state index in [0.717, 1.165) is 36.2 Å². The highest BCUT2D eigenvalue weighted by atomic mass is 16.7. The highest BCUT2D eigenvalue weighted by Crippen LogP contribution is 2.20. The Morgan fingerprint density at radius 2 is 1.36 bits per heavy atom. The number of carbonyl (C=O) groups excluding carboxylic acids is 1. The van der Waals surface area contributed by atoms with Crippen molar-refractivity contribution in [2.75, 3.05) is 20.6 Å². The van der Waals surface area contributed by atoms with Crippen molar-refractivity contribution in [1.82, 2.24) is 0 Å². The van der Waals surface area contributed by atoms with Crippen LogP contribution in [0.3, 0.4) is 0 Å². The first-order chi connectivity index (χ1) is 18.8. The van der Waals surface area contributed by atoms with E-state index in [4.69, 9.17) is 9.47 Å². The van der Waals surface area contributed by atoms with Crippen LogP contribution in [0.15, 0.2) is 54.6 Å². The van der Waals surface area contributed by atoms with Gasteiger partial charge in [0.15, 0.2) is 0 Å². The molecule has 0 spiro atoms. The van der Waals surface area contributed by atoms with Crippen LogP contribution in [0.5, 0.6) is 5.75 Å². The molecular formula is C35H56NO3+. The van der Waals surface area contributed by atoms with Gasteiger partial charge in [-0.3, -0.25) is 4.79 Å². The number of hydrogen-bond acceptors (Lipinski definition) is 3. The lowest BCUT2D eigenvalue weighted by Gasteiger charge is -2.31. The van der Waals surface area contributed by atoms with Crippen molar-refractivity contribution in [3.63, 3.8) is 0 Å². The van der Waals surface area contributed by atoms with Gasteiger partial charge in [0.05, 0.1) is 26.6 Å². The highest BCUT2D eigenvalue weighted by Gasteiger charge is 2.24. The van der Waals surface area contributed by atoms with E-state index in [0.29, 0.717) is 6.42 Å². The summed E-state index contributed by atoms with van der Waals surface area (Å²) >= 11 is 0. The zero-order chi connectivity index (χ0) is 28.3. The Bertz CT molecular complexity index is 894. The molecule has 4 heteroatoms. The van der Waals surface area contributed by atoms with E-state index in [9.17, 15) is 4.79 Å². The summed E-state index contributed by atoms with van der Waals surface area (Å²) in [4.78, 5) is 12.8. The summed E-state index contributed by atoms with van der Waals surface area (Å²) in [7, 11) is 4.42. The molecule has 2 rings (SSSR count). The normalized spacial score (nSPS) is 13.2. The third-order valence-electron chi connectivity index (χ3n) is 7.61. The molecule has 0 saturated carbocycles. The maximum absolute atomic E-state index is 12.8. The second-order valence-electron chi connectivity index (χ2n) is 12.0. The third-order valence-corrected chi connectivity index (χ3v) is 7.61. The zero-order valence-electron chi connectivity index (χ0n) is 25.6. The number of rotatable bonds is 21. The van der Waals surface area contributed by atoms with E-state index in [-0.39, 0.29) is 11.9 Å². The lowest BCUT2D eigenvalue weighted by Crippen LogP contribution is -2.41. The molecule has 2 atom stereocenters. The largest absolute Gasteiger partial charge is 0.455 e. The molecule has 0 heterocycles. The Kier molecular flexibility index (Phi) is 15.9. The number of benzene rings is 2. The molecule has 0 saturated heterocycles. The minimum Gasteiger partial charge on any atom is -0.455 e. The predicted molar refractivity (Wildman–Crippen MR) is 164 cm³/mol. The van der Waals surface area contributed by atoms with Gasteiger partial charge in [0, 0.05) is 18.4 Å². The van der Waals surface area contributed by atoms with E-state index in [1.54, 1.807) is 0 Å². The second-order valence-corrected chi connectivity index (χ2v) is 12.0. The minimum atomic E-state index is -0.556. The van der Waals surface area contributed by atoms with Crippen molar-refractivity contribution in [2.24, 2.45) is 5.92 Å². The Morgan fingerprint density at radius 3 is 1.95 bits per heavy atom. The monoisotopic (exact) mass is 538 g/mol. The number of quaternary nitrogens is 1. The van der Waals surface area contributed by atoms with Crippen LogP contribution in [-0.4, -0.2) is 37.4 Å². The summed E-state index contributed by atoms with van der Waals surface area (Å²) in [5.41, 5.74) is 2.66. The Morgan fingerprint density at radius 1 is 0.769 bits per heavy atom. The van der Waals surface area contributed by atoms with E-state index in [1.807, 2.05) is 32.0 Å². The molecule has 0 bridgehead atoms. The third kappa shape index (κ3) is 14.6. The van der Waals surface area contributed by atoms with Crippen LogP contribution < -0.4 is 4.74 Å². The smallest absolute Gasteiger partial charge is 0.311 e. The first-order valence-corrected chi connectivity index (χ1v) is 15.6. The summed E-state index contributed by atoms with van der Waals surface area (Å²) in [6.07, 6.45) is 15.6. The molecular weight excluding hydrogens is 482 g/mol. The molecule has 2 aromatic rings. The molecule has 2 unspecified atom stereocenters. The summed E-state index contributed by atoms with van der Waals surface area (Å²) in [5.74, 6) is 0.410.